The van der Waals surface area contributed by atoms with Gasteiger partial charge in [-0.1, -0.05) is 18.2 Å². The van der Waals surface area contributed by atoms with Crippen molar-refractivity contribution < 1.29 is 19.4 Å². The first kappa shape index (κ1) is 13.0. The number of nitrogens with zero attached hydrogens (tertiary/aromatic N) is 2. The van der Waals surface area contributed by atoms with E-state index in [-0.39, 0.29) is 12.4 Å². The van der Waals surface area contributed by atoms with E-state index in [4.69, 9.17) is 9.84 Å². The molecule has 0 atom stereocenters. The highest BCUT2D eigenvalue weighted by molar-refractivity contribution is 5.96. The zero-order valence-electron chi connectivity index (χ0n) is 10.0. The Morgan fingerprint density at radius 1 is 1.21 bits per heavy atom. The predicted molar refractivity (Wildman–Crippen MR) is 66.3 cm³/mol. The molecule has 0 fully saturated rings. The molecule has 6 heteroatoms. The number of ether oxygens (including phenoxy) is 1. The highest BCUT2D eigenvalue weighted by Crippen LogP contribution is 2.08. The molecule has 2 aromatic rings. The average Bonchev–Trinajstić information content (AvgIpc) is 2.89. The molecule has 0 unspecified atom stereocenters. The Balaban J connectivity index is 2.01. The van der Waals surface area contributed by atoms with Gasteiger partial charge in [-0.3, -0.25) is 4.79 Å². The monoisotopic (exact) mass is 260 g/mol. The third-order valence-corrected chi connectivity index (χ3v) is 2.38. The lowest BCUT2D eigenvalue weighted by molar-refractivity contribution is -0.141. The molecular weight excluding hydrogens is 248 g/mol. The van der Waals surface area contributed by atoms with Crippen LogP contribution in [0.15, 0.2) is 42.7 Å². The van der Waals surface area contributed by atoms with E-state index in [0.29, 0.717) is 5.56 Å². The summed E-state index contributed by atoms with van der Waals surface area (Å²) < 4.78 is 6.31. The summed E-state index contributed by atoms with van der Waals surface area (Å²) in [4.78, 5) is 22.0. The summed E-state index contributed by atoms with van der Waals surface area (Å²) in [7, 11) is 0. The summed E-state index contributed by atoms with van der Waals surface area (Å²) in [6, 6.07) is 9.35. The minimum atomic E-state index is -1.10. The number of hydrogen-bond acceptors (Lipinski definition) is 4. The smallest absolute Gasteiger partial charge is 0.329 e. The van der Waals surface area contributed by atoms with Crippen molar-refractivity contribution in [3.8, 4) is 5.69 Å². The zero-order chi connectivity index (χ0) is 13.7. The summed E-state index contributed by atoms with van der Waals surface area (Å²) >= 11 is 0. The summed E-state index contributed by atoms with van der Waals surface area (Å²) in [5.74, 6) is -1.41. The Morgan fingerprint density at radius 2 is 1.95 bits per heavy atom. The number of benzene rings is 1. The van der Waals surface area contributed by atoms with Crippen molar-refractivity contribution in [2.45, 2.75) is 0 Å². The number of carbonyl (C=O) groups is 2. The molecule has 0 aliphatic rings. The Hall–Kier alpha value is -2.47. The maximum atomic E-state index is 11.7. The molecule has 0 spiro atoms. The number of para-hydroxylation sites is 1. The number of carbonyl (C=O) groups excluding carboxylic acids is 1. The number of ketones is 1. The first-order valence-corrected chi connectivity index (χ1v) is 5.59. The van der Waals surface area contributed by atoms with E-state index in [1.165, 1.54) is 6.20 Å². The average molecular weight is 260 g/mol. The third kappa shape index (κ3) is 3.49. The molecule has 0 radical (unpaired) electrons. The SMILES string of the molecule is O=C(O)COCC(=O)c1cnn(-c2ccccc2)c1. The molecule has 1 heterocycles. The van der Waals surface area contributed by atoms with Crippen molar-refractivity contribution in [3.05, 3.63) is 48.3 Å². The summed E-state index contributed by atoms with van der Waals surface area (Å²) in [6.45, 7) is -0.759. The molecule has 1 aromatic heterocycles. The second-order valence-electron chi connectivity index (χ2n) is 3.82. The molecule has 2 rings (SSSR count). The van der Waals surface area contributed by atoms with Gasteiger partial charge in [-0.25, -0.2) is 9.48 Å². The highest BCUT2D eigenvalue weighted by atomic mass is 16.5. The number of hydrogen-bond donors (Lipinski definition) is 1. The van der Waals surface area contributed by atoms with Crippen LogP contribution in [0.3, 0.4) is 0 Å². The van der Waals surface area contributed by atoms with Gasteiger partial charge in [0, 0.05) is 6.20 Å². The van der Waals surface area contributed by atoms with E-state index in [2.05, 4.69) is 5.10 Å². The van der Waals surface area contributed by atoms with Gasteiger partial charge in [0.25, 0.3) is 0 Å². The quantitative estimate of drug-likeness (QED) is 0.788. The number of carboxylic acids is 1. The normalized spacial score (nSPS) is 10.3. The molecule has 0 saturated carbocycles. The van der Waals surface area contributed by atoms with Gasteiger partial charge in [-0.15, -0.1) is 0 Å². The molecule has 19 heavy (non-hydrogen) atoms. The van der Waals surface area contributed by atoms with Crippen molar-refractivity contribution in [3.63, 3.8) is 0 Å². The number of aliphatic carboxylic acids is 1. The number of rotatable bonds is 6. The summed E-state index contributed by atoms with van der Waals surface area (Å²) in [5, 5.41) is 12.5. The van der Waals surface area contributed by atoms with Gasteiger partial charge in [0.2, 0.25) is 0 Å². The van der Waals surface area contributed by atoms with Crippen LogP contribution in [0.5, 0.6) is 0 Å². The van der Waals surface area contributed by atoms with Gasteiger partial charge in [0.05, 0.1) is 17.4 Å². The van der Waals surface area contributed by atoms with Crippen LogP contribution in [0, 0.1) is 0 Å². The van der Waals surface area contributed by atoms with E-state index in [9.17, 15) is 9.59 Å². The van der Waals surface area contributed by atoms with Crippen molar-refractivity contribution in [1.29, 1.82) is 0 Å². The van der Waals surface area contributed by atoms with Gasteiger partial charge < -0.3 is 9.84 Å². The van der Waals surface area contributed by atoms with E-state index in [1.54, 1.807) is 10.9 Å². The lowest BCUT2D eigenvalue weighted by Crippen LogP contribution is -2.14. The largest absolute Gasteiger partial charge is 0.480 e. The lowest BCUT2D eigenvalue weighted by Gasteiger charge is -1.99. The Bertz CT molecular complexity index is 577. The topological polar surface area (TPSA) is 81.4 Å². The predicted octanol–water partition coefficient (Wildman–Crippen LogP) is 1.16. The molecule has 98 valence electrons. The second-order valence-corrected chi connectivity index (χ2v) is 3.82. The number of Topliss-reactive ketones (excluding diaryl/α,β-unsaturated/α-hetero) is 1. The van der Waals surface area contributed by atoms with Crippen LogP contribution in [0.4, 0.5) is 0 Å². The fourth-order valence-electron chi connectivity index (χ4n) is 1.50. The van der Waals surface area contributed by atoms with E-state index >= 15 is 0 Å². The van der Waals surface area contributed by atoms with E-state index < -0.39 is 12.6 Å². The van der Waals surface area contributed by atoms with Crippen LogP contribution < -0.4 is 0 Å². The number of aromatic nitrogens is 2. The van der Waals surface area contributed by atoms with E-state index in [1.807, 2.05) is 30.3 Å². The second kappa shape index (κ2) is 5.92. The standard InChI is InChI=1S/C13H12N2O4/c16-12(8-19-9-13(17)18)10-6-14-15(7-10)11-4-2-1-3-5-11/h1-7H,8-9H2,(H,17,18). The minimum absolute atomic E-state index is 0.271. The molecule has 0 bridgehead atoms. The zero-order valence-corrected chi connectivity index (χ0v) is 10.0. The first-order chi connectivity index (χ1) is 9.16. The van der Waals surface area contributed by atoms with Gasteiger partial charge >= 0.3 is 5.97 Å². The maximum absolute atomic E-state index is 11.7. The van der Waals surface area contributed by atoms with Crippen molar-refractivity contribution >= 4 is 11.8 Å². The molecule has 1 aromatic carbocycles. The molecule has 0 saturated heterocycles. The fraction of sp³-hybridized carbons (Fsp3) is 0.154. The summed E-state index contributed by atoms with van der Waals surface area (Å²) in [5.41, 5.74) is 1.22. The minimum Gasteiger partial charge on any atom is -0.480 e. The molecule has 1 N–H and O–H groups in total. The molecule has 0 amide bonds. The van der Waals surface area contributed by atoms with Crippen LogP contribution in [-0.2, 0) is 9.53 Å². The van der Waals surface area contributed by atoms with Crippen LogP contribution in [0.1, 0.15) is 10.4 Å². The van der Waals surface area contributed by atoms with Gasteiger partial charge in [-0.05, 0) is 12.1 Å². The van der Waals surface area contributed by atoms with Gasteiger partial charge in [0.15, 0.2) is 5.78 Å². The highest BCUT2D eigenvalue weighted by Gasteiger charge is 2.10. The van der Waals surface area contributed by atoms with Crippen molar-refractivity contribution in [1.82, 2.24) is 9.78 Å². The van der Waals surface area contributed by atoms with Crippen molar-refractivity contribution in [2.75, 3.05) is 13.2 Å². The van der Waals surface area contributed by atoms with Crippen LogP contribution in [0.2, 0.25) is 0 Å². The molecule has 0 aliphatic heterocycles. The van der Waals surface area contributed by atoms with Crippen LogP contribution >= 0.6 is 0 Å². The van der Waals surface area contributed by atoms with E-state index in [0.717, 1.165) is 5.69 Å². The Kier molecular flexibility index (Phi) is 4.04. The van der Waals surface area contributed by atoms with Crippen molar-refractivity contribution in [2.24, 2.45) is 0 Å². The first-order valence-electron chi connectivity index (χ1n) is 5.59. The van der Waals surface area contributed by atoms with Crippen LogP contribution in [-0.4, -0.2) is 39.9 Å². The fourth-order valence-corrected chi connectivity index (χ4v) is 1.50. The van der Waals surface area contributed by atoms with Gasteiger partial charge in [-0.2, -0.15) is 5.10 Å². The molecular formula is C13H12N2O4. The van der Waals surface area contributed by atoms with Crippen LogP contribution in [0.25, 0.3) is 5.69 Å². The van der Waals surface area contributed by atoms with Gasteiger partial charge in [0.1, 0.15) is 13.2 Å². The summed E-state index contributed by atoms with van der Waals surface area (Å²) in [6.07, 6.45) is 3.02. The molecule has 6 nitrogen and oxygen atoms in total. The third-order valence-electron chi connectivity index (χ3n) is 2.38. The lowest BCUT2D eigenvalue weighted by atomic mass is 10.2. The number of carboxylic acid groups (broad SMARTS) is 1. The Morgan fingerprint density at radius 3 is 2.63 bits per heavy atom. The Labute approximate surface area is 109 Å². The maximum Gasteiger partial charge on any atom is 0.329 e. The molecule has 0 aliphatic carbocycles.